The molecule has 1 aliphatic carbocycles. The predicted molar refractivity (Wildman–Crippen MR) is 54.8 cm³/mol. The molecular weight excluding hydrogens is 180 g/mol. The van der Waals surface area contributed by atoms with Crippen molar-refractivity contribution in [1.29, 1.82) is 0 Å². The molecule has 0 aromatic heterocycles. The summed E-state index contributed by atoms with van der Waals surface area (Å²) in [5.74, 6) is 1.10. The zero-order valence-electron chi connectivity index (χ0n) is 8.92. The third-order valence-electron chi connectivity index (χ3n) is 2.03. The van der Waals surface area contributed by atoms with Crippen LogP contribution in [0.3, 0.4) is 0 Å². The summed E-state index contributed by atoms with van der Waals surface area (Å²) in [5, 5.41) is 2.86. The van der Waals surface area contributed by atoms with Crippen LogP contribution in [0.15, 0.2) is 12.0 Å². The van der Waals surface area contributed by atoms with E-state index in [2.05, 4.69) is 16.2 Å². The minimum atomic E-state index is 0.114. The number of nitrogens with one attached hydrogen (secondary N) is 3. The van der Waals surface area contributed by atoms with Crippen LogP contribution in [0.5, 0.6) is 0 Å². The SMILES string of the molecule is CNN/C=C(/NC(=O)C1CC1)N(C)C. The van der Waals surface area contributed by atoms with Crippen molar-refractivity contribution < 1.29 is 4.79 Å². The predicted octanol–water partition coefficient (Wildman–Crippen LogP) is -0.403. The third kappa shape index (κ3) is 3.26. The Labute approximate surface area is 84.5 Å². The molecule has 1 rings (SSSR count). The Bertz CT molecular complexity index is 233. The van der Waals surface area contributed by atoms with Crippen molar-refractivity contribution in [3.8, 4) is 0 Å². The van der Waals surface area contributed by atoms with Gasteiger partial charge in [0.15, 0.2) is 0 Å². The van der Waals surface area contributed by atoms with E-state index in [9.17, 15) is 4.79 Å². The maximum absolute atomic E-state index is 11.5. The average Bonchev–Trinajstić information content (AvgIpc) is 2.94. The van der Waals surface area contributed by atoms with Gasteiger partial charge in [-0.2, -0.15) is 0 Å². The highest BCUT2D eigenvalue weighted by Gasteiger charge is 2.30. The van der Waals surface area contributed by atoms with Crippen LogP contribution in [0.1, 0.15) is 12.8 Å². The topological polar surface area (TPSA) is 56.4 Å². The highest BCUT2D eigenvalue weighted by atomic mass is 16.2. The molecule has 1 saturated carbocycles. The van der Waals surface area contributed by atoms with Gasteiger partial charge in [0.25, 0.3) is 0 Å². The van der Waals surface area contributed by atoms with Gasteiger partial charge >= 0.3 is 0 Å². The van der Waals surface area contributed by atoms with E-state index in [1.165, 1.54) is 0 Å². The fraction of sp³-hybridized carbons (Fsp3) is 0.667. The standard InChI is InChI=1S/C9H18N4O/c1-10-11-6-8(13(2)3)12-9(14)7-4-5-7/h6-7,10-11H,4-5H2,1-3H3,(H,12,14)/b8-6-. The van der Waals surface area contributed by atoms with E-state index in [1.807, 2.05) is 19.0 Å². The number of rotatable bonds is 5. The molecule has 0 heterocycles. The van der Waals surface area contributed by atoms with Crippen LogP contribution in [0.25, 0.3) is 0 Å². The molecule has 0 saturated heterocycles. The van der Waals surface area contributed by atoms with Gasteiger partial charge in [-0.05, 0) is 12.8 Å². The van der Waals surface area contributed by atoms with Gasteiger partial charge in [0.1, 0.15) is 5.82 Å². The Hall–Kier alpha value is -1.23. The summed E-state index contributed by atoms with van der Waals surface area (Å²) >= 11 is 0. The summed E-state index contributed by atoms with van der Waals surface area (Å²) in [6.07, 6.45) is 3.76. The van der Waals surface area contributed by atoms with E-state index in [0.29, 0.717) is 0 Å². The number of hydrazine groups is 1. The minimum Gasteiger partial charge on any atom is -0.363 e. The first-order chi connectivity index (χ1) is 6.65. The second-order valence-corrected chi connectivity index (χ2v) is 3.58. The van der Waals surface area contributed by atoms with E-state index in [1.54, 1.807) is 13.2 Å². The first kappa shape index (κ1) is 10.8. The molecule has 1 fully saturated rings. The summed E-state index contributed by atoms with van der Waals surface area (Å²) in [7, 11) is 5.54. The first-order valence-electron chi connectivity index (χ1n) is 4.75. The van der Waals surface area contributed by atoms with Crippen LogP contribution in [0.2, 0.25) is 0 Å². The number of hydrogen-bond donors (Lipinski definition) is 3. The van der Waals surface area contributed by atoms with E-state index in [-0.39, 0.29) is 11.8 Å². The number of carbonyl (C=O) groups excluding carboxylic acids is 1. The van der Waals surface area contributed by atoms with Crippen LogP contribution in [-0.2, 0) is 4.79 Å². The Morgan fingerprint density at radius 2 is 2.07 bits per heavy atom. The smallest absolute Gasteiger partial charge is 0.228 e. The molecule has 14 heavy (non-hydrogen) atoms. The van der Waals surface area contributed by atoms with Crippen molar-refractivity contribution in [2.45, 2.75) is 12.8 Å². The lowest BCUT2D eigenvalue weighted by molar-refractivity contribution is -0.121. The molecule has 0 aromatic carbocycles. The van der Waals surface area contributed by atoms with Crippen molar-refractivity contribution in [3.63, 3.8) is 0 Å². The summed E-state index contributed by atoms with van der Waals surface area (Å²) in [5.41, 5.74) is 5.59. The number of carbonyl (C=O) groups is 1. The molecule has 0 aromatic rings. The van der Waals surface area contributed by atoms with E-state index in [4.69, 9.17) is 0 Å². The molecule has 0 spiro atoms. The van der Waals surface area contributed by atoms with Gasteiger partial charge in [-0.1, -0.05) is 0 Å². The maximum atomic E-state index is 11.5. The summed E-state index contributed by atoms with van der Waals surface area (Å²) in [6.45, 7) is 0. The lowest BCUT2D eigenvalue weighted by Gasteiger charge is -2.18. The second-order valence-electron chi connectivity index (χ2n) is 3.58. The second kappa shape index (κ2) is 4.85. The number of nitrogens with zero attached hydrogens (tertiary/aromatic N) is 1. The van der Waals surface area contributed by atoms with Gasteiger partial charge in [0.2, 0.25) is 5.91 Å². The molecule has 0 unspecified atom stereocenters. The summed E-state index contributed by atoms with van der Waals surface area (Å²) in [4.78, 5) is 13.3. The van der Waals surface area contributed by atoms with Gasteiger partial charge in [0.05, 0.1) is 6.20 Å². The molecular formula is C9H18N4O. The molecule has 0 bridgehead atoms. The number of hydrogen-bond acceptors (Lipinski definition) is 4. The van der Waals surface area contributed by atoms with E-state index >= 15 is 0 Å². The summed E-state index contributed by atoms with van der Waals surface area (Å²) < 4.78 is 0. The lowest BCUT2D eigenvalue weighted by Crippen LogP contribution is -2.34. The highest BCUT2D eigenvalue weighted by Crippen LogP contribution is 2.29. The van der Waals surface area contributed by atoms with E-state index < -0.39 is 0 Å². The fourth-order valence-electron chi connectivity index (χ4n) is 0.991. The quantitative estimate of drug-likeness (QED) is 0.526. The van der Waals surface area contributed by atoms with Crippen LogP contribution in [0, 0.1) is 5.92 Å². The van der Waals surface area contributed by atoms with Crippen LogP contribution in [-0.4, -0.2) is 32.0 Å². The average molecular weight is 198 g/mol. The highest BCUT2D eigenvalue weighted by molar-refractivity contribution is 5.82. The Morgan fingerprint density at radius 1 is 1.43 bits per heavy atom. The van der Waals surface area contributed by atoms with Crippen LogP contribution < -0.4 is 16.2 Å². The van der Waals surface area contributed by atoms with Gasteiger partial charge in [-0.3, -0.25) is 4.79 Å². The Kier molecular flexibility index (Phi) is 3.76. The number of amides is 1. The molecule has 5 nitrogen and oxygen atoms in total. The Morgan fingerprint density at radius 3 is 2.50 bits per heavy atom. The van der Waals surface area contributed by atoms with E-state index in [0.717, 1.165) is 18.7 Å². The van der Waals surface area contributed by atoms with Crippen LogP contribution in [0.4, 0.5) is 0 Å². The zero-order valence-corrected chi connectivity index (χ0v) is 8.92. The van der Waals surface area contributed by atoms with Gasteiger partial charge in [-0.15, -0.1) is 0 Å². The van der Waals surface area contributed by atoms with Crippen molar-refractivity contribution in [2.75, 3.05) is 21.1 Å². The minimum absolute atomic E-state index is 0.114. The van der Waals surface area contributed by atoms with Crippen molar-refractivity contribution in [2.24, 2.45) is 5.92 Å². The fourth-order valence-corrected chi connectivity index (χ4v) is 0.991. The van der Waals surface area contributed by atoms with Crippen molar-refractivity contribution in [1.82, 2.24) is 21.1 Å². The lowest BCUT2D eigenvalue weighted by atomic mass is 10.4. The first-order valence-corrected chi connectivity index (χ1v) is 4.75. The van der Waals surface area contributed by atoms with Crippen molar-refractivity contribution >= 4 is 5.91 Å². The normalized spacial score (nSPS) is 16.4. The zero-order chi connectivity index (χ0) is 10.6. The molecule has 3 N–H and O–H groups in total. The van der Waals surface area contributed by atoms with Gasteiger partial charge < -0.3 is 15.6 Å². The molecule has 1 amide bonds. The molecule has 80 valence electrons. The molecule has 1 aliphatic rings. The molecule has 0 aliphatic heterocycles. The van der Waals surface area contributed by atoms with Gasteiger partial charge in [-0.25, -0.2) is 5.43 Å². The molecule has 0 atom stereocenters. The van der Waals surface area contributed by atoms with Gasteiger partial charge in [0, 0.05) is 27.1 Å². The largest absolute Gasteiger partial charge is 0.363 e. The Balaban J connectivity index is 2.45. The maximum Gasteiger partial charge on any atom is 0.228 e. The van der Waals surface area contributed by atoms with Crippen LogP contribution >= 0.6 is 0 Å². The molecule has 5 heteroatoms. The third-order valence-corrected chi connectivity index (χ3v) is 2.03. The van der Waals surface area contributed by atoms with Crippen molar-refractivity contribution in [3.05, 3.63) is 12.0 Å². The summed E-state index contributed by atoms with van der Waals surface area (Å²) in [6, 6.07) is 0. The monoisotopic (exact) mass is 198 g/mol. The molecule has 0 radical (unpaired) electrons.